The van der Waals surface area contributed by atoms with Gasteiger partial charge in [-0.1, -0.05) is 12.2 Å². The number of hydrogen-bond acceptors (Lipinski definition) is 3. The van der Waals surface area contributed by atoms with Crippen LogP contribution < -0.4 is 15.2 Å². The molecule has 3 nitrogen and oxygen atoms in total. The third-order valence-electron chi connectivity index (χ3n) is 2.60. The fraction of sp³-hybridized carbons (Fsp3) is 0.133. The summed E-state index contributed by atoms with van der Waals surface area (Å²) in [7, 11) is 0. The molecule has 0 aliphatic heterocycles. The average molecular weight is 309 g/mol. The molecule has 0 saturated carbocycles. The second-order valence-electron chi connectivity index (χ2n) is 4.19. The minimum Gasteiger partial charge on any atom is -0.490 e. The molecular formula is C15H13F2NO2S. The maximum atomic E-state index is 12.9. The van der Waals surface area contributed by atoms with Gasteiger partial charge in [0.2, 0.25) is 0 Å². The van der Waals surface area contributed by atoms with Gasteiger partial charge in [0.25, 0.3) is 0 Å². The number of nitrogens with two attached hydrogens (primary N) is 1. The van der Waals surface area contributed by atoms with Crippen LogP contribution in [0.4, 0.5) is 8.78 Å². The molecule has 0 unspecified atom stereocenters. The molecule has 2 rings (SSSR count). The zero-order valence-electron chi connectivity index (χ0n) is 11.0. The van der Waals surface area contributed by atoms with E-state index in [2.05, 4.69) is 0 Å². The van der Waals surface area contributed by atoms with Crippen LogP contribution in [0, 0.1) is 11.6 Å². The normalized spacial score (nSPS) is 10.2. The van der Waals surface area contributed by atoms with Crippen molar-refractivity contribution < 1.29 is 18.3 Å². The maximum absolute atomic E-state index is 12.9. The van der Waals surface area contributed by atoms with E-state index in [-0.39, 0.29) is 19.0 Å². The van der Waals surface area contributed by atoms with E-state index in [1.54, 1.807) is 24.3 Å². The van der Waals surface area contributed by atoms with Crippen LogP contribution in [0.15, 0.2) is 42.5 Å². The Morgan fingerprint density at radius 1 is 0.905 bits per heavy atom. The van der Waals surface area contributed by atoms with Crippen LogP contribution in [-0.2, 0) is 0 Å². The SMILES string of the molecule is NC(=S)c1ccc(OCCOc2cc(F)cc(F)c2)cc1. The summed E-state index contributed by atoms with van der Waals surface area (Å²) in [5.41, 5.74) is 6.24. The summed E-state index contributed by atoms with van der Waals surface area (Å²) in [5, 5.41) is 0. The van der Waals surface area contributed by atoms with E-state index in [0.717, 1.165) is 23.8 Å². The average Bonchev–Trinajstić information content (AvgIpc) is 2.43. The van der Waals surface area contributed by atoms with Gasteiger partial charge in [0.15, 0.2) is 0 Å². The van der Waals surface area contributed by atoms with Crippen molar-refractivity contribution in [2.24, 2.45) is 5.73 Å². The lowest BCUT2D eigenvalue weighted by Gasteiger charge is -2.09. The molecule has 0 fully saturated rings. The van der Waals surface area contributed by atoms with E-state index in [0.29, 0.717) is 10.7 Å². The van der Waals surface area contributed by atoms with Crippen LogP contribution in [0.3, 0.4) is 0 Å². The number of ether oxygens (including phenoxy) is 2. The summed E-state index contributed by atoms with van der Waals surface area (Å²) in [4.78, 5) is 0.318. The molecule has 0 aliphatic rings. The minimum atomic E-state index is -0.681. The van der Waals surface area contributed by atoms with Crippen molar-refractivity contribution in [3.63, 3.8) is 0 Å². The van der Waals surface area contributed by atoms with Crippen molar-refractivity contribution in [1.82, 2.24) is 0 Å². The van der Waals surface area contributed by atoms with Gasteiger partial charge in [-0.25, -0.2) is 8.78 Å². The van der Waals surface area contributed by atoms with Crippen molar-refractivity contribution in [2.45, 2.75) is 0 Å². The highest BCUT2D eigenvalue weighted by Gasteiger charge is 2.02. The molecule has 0 heterocycles. The van der Waals surface area contributed by atoms with Crippen LogP contribution in [0.1, 0.15) is 5.56 Å². The zero-order valence-corrected chi connectivity index (χ0v) is 11.8. The second kappa shape index (κ2) is 6.99. The van der Waals surface area contributed by atoms with Crippen molar-refractivity contribution in [3.05, 3.63) is 59.7 Å². The van der Waals surface area contributed by atoms with Gasteiger partial charge in [-0.15, -0.1) is 0 Å². The van der Waals surface area contributed by atoms with Crippen LogP contribution in [0.5, 0.6) is 11.5 Å². The van der Waals surface area contributed by atoms with E-state index in [9.17, 15) is 8.78 Å². The van der Waals surface area contributed by atoms with E-state index in [1.165, 1.54) is 0 Å². The molecule has 0 spiro atoms. The van der Waals surface area contributed by atoms with Crippen molar-refractivity contribution in [2.75, 3.05) is 13.2 Å². The summed E-state index contributed by atoms with van der Waals surface area (Å²) in [6, 6.07) is 9.97. The lowest BCUT2D eigenvalue weighted by molar-refractivity contribution is 0.216. The summed E-state index contributed by atoms with van der Waals surface area (Å²) in [6.07, 6.45) is 0. The molecule has 2 N–H and O–H groups in total. The Hall–Kier alpha value is -2.21. The maximum Gasteiger partial charge on any atom is 0.129 e. The molecule has 2 aromatic carbocycles. The summed E-state index contributed by atoms with van der Waals surface area (Å²) >= 11 is 4.84. The van der Waals surface area contributed by atoms with E-state index < -0.39 is 11.6 Å². The van der Waals surface area contributed by atoms with E-state index in [4.69, 9.17) is 27.4 Å². The Bertz CT molecular complexity index is 612. The summed E-state index contributed by atoms with van der Waals surface area (Å²) in [6.45, 7) is 0.407. The first-order valence-electron chi connectivity index (χ1n) is 6.16. The summed E-state index contributed by atoms with van der Waals surface area (Å²) in [5.74, 6) is -0.609. The Labute approximate surface area is 126 Å². The monoisotopic (exact) mass is 309 g/mol. The van der Waals surface area contributed by atoms with E-state index in [1.807, 2.05) is 0 Å². The van der Waals surface area contributed by atoms with Crippen molar-refractivity contribution in [3.8, 4) is 11.5 Å². The predicted octanol–water partition coefficient (Wildman–Crippen LogP) is 3.06. The van der Waals surface area contributed by atoms with Crippen molar-refractivity contribution in [1.29, 1.82) is 0 Å². The molecule has 0 saturated heterocycles. The van der Waals surface area contributed by atoms with Gasteiger partial charge >= 0.3 is 0 Å². The molecule has 0 radical (unpaired) electrons. The lowest BCUT2D eigenvalue weighted by atomic mass is 10.2. The molecule has 0 atom stereocenters. The third-order valence-corrected chi connectivity index (χ3v) is 2.83. The minimum absolute atomic E-state index is 0.125. The highest BCUT2D eigenvalue weighted by atomic mass is 32.1. The summed E-state index contributed by atoms with van der Waals surface area (Å²) < 4.78 is 36.5. The Balaban J connectivity index is 1.80. The van der Waals surface area contributed by atoms with Gasteiger partial charge in [-0.3, -0.25) is 0 Å². The fourth-order valence-corrected chi connectivity index (χ4v) is 1.78. The quantitative estimate of drug-likeness (QED) is 0.658. The molecule has 0 bridgehead atoms. The van der Waals surface area contributed by atoms with Crippen LogP contribution in [0.25, 0.3) is 0 Å². The van der Waals surface area contributed by atoms with E-state index >= 15 is 0 Å². The predicted molar refractivity (Wildman–Crippen MR) is 79.7 cm³/mol. The van der Waals surface area contributed by atoms with Gasteiger partial charge < -0.3 is 15.2 Å². The molecule has 21 heavy (non-hydrogen) atoms. The molecular weight excluding hydrogens is 296 g/mol. The molecule has 6 heteroatoms. The Kier molecular flexibility index (Phi) is 5.05. The first kappa shape index (κ1) is 15.2. The Morgan fingerprint density at radius 2 is 1.43 bits per heavy atom. The molecule has 110 valence electrons. The molecule has 2 aromatic rings. The number of thiocarbonyl (C=S) groups is 1. The molecule has 0 aliphatic carbocycles. The first-order valence-corrected chi connectivity index (χ1v) is 6.57. The highest BCUT2D eigenvalue weighted by Crippen LogP contribution is 2.16. The second-order valence-corrected chi connectivity index (χ2v) is 4.63. The fourth-order valence-electron chi connectivity index (χ4n) is 1.65. The number of halogens is 2. The van der Waals surface area contributed by atoms with Crippen LogP contribution >= 0.6 is 12.2 Å². The van der Waals surface area contributed by atoms with Crippen LogP contribution in [-0.4, -0.2) is 18.2 Å². The lowest BCUT2D eigenvalue weighted by Crippen LogP contribution is -2.10. The number of hydrogen-bond donors (Lipinski definition) is 1. The van der Waals surface area contributed by atoms with Gasteiger partial charge in [-0.05, 0) is 24.3 Å². The highest BCUT2D eigenvalue weighted by molar-refractivity contribution is 7.80. The number of benzene rings is 2. The standard InChI is InChI=1S/C15H13F2NO2S/c16-11-7-12(17)9-14(8-11)20-6-5-19-13-3-1-10(2-4-13)15(18)21/h1-4,7-9H,5-6H2,(H2,18,21). The molecule has 0 aromatic heterocycles. The Morgan fingerprint density at radius 3 is 1.95 bits per heavy atom. The van der Waals surface area contributed by atoms with Gasteiger partial charge in [0.05, 0.1) is 0 Å². The van der Waals surface area contributed by atoms with Gasteiger partial charge in [0, 0.05) is 23.8 Å². The topological polar surface area (TPSA) is 44.5 Å². The first-order chi connectivity index (χ1) is 10.0. The van der Waals surface area contributed by atoms with Crippen LogP contribution in [0.2, 0.25) is 0 Å². The molecule has 0 amide bonds. The van der Waals surface area contributed by atoms with Gasteiger partial charge in [-0.2, -0.15) is 0 Å². The largest absolute Gasteiger partial charge is 0.490 e. The number of rotatable bonds is 6. The zero-order chi connectivity index (χ0) is 15.2. The van der Waals surface area contributed by atoms with Gasteiger partial charge in [0.1, 0.15) is 41.3 Å². The third kappa shape index (κ3) is 4.68. The van der Waals surface area contributed by atoms with Crippen molar-refractivity contribution >= 4 is 17.2 Å². The smallest absolute Gasteiger partial charge is 0.129 e.